The normalized spacial score (nSPS) is 11.6. The number of ether oxygens (including phenoxy) is 1. The molecule has 5 aromatic rings. The Balaban J connectivity index is 1.36. The molecule has 0 amide bonds. The first-order valence-corrected chi connectivity index (χ1v) is 11.1. The third-order valence-electron chi connectivity index (χ3n) is 5.60. The molecule has 5 rings (SSSR count). The minimum Gasteiger partial charge on any atom is -0.375 e. The Hall–Kier alpha value is -3.82. The lowest BCUT2D eigenvalue weighted by molar-refractivity contribution is 0.106. The van der Waals surface area contributed by atoms with E-state index in [1.807, 2.05) is 61.5 Å². The van der Waals surface area contributed by atoms with Crippen LogP contribution in [0.25, 0.3) is 16.4 Å². The topological polar surface area (TPSA) is 72.5 Å². The Morgan fingerprint density at radius 3 is 2.85 bits per heavy atom. The van der Waals surface area contributed by atoms with Gasteiger partial charge in [0.1, 0.15) is 17.7 Å². The third kappa shape index (κ3) is 4.75. The average Bonchev–Trinajstić information content (AvgIpc) is 3.41. The fourth-order valence-corrected chi connectivity index (χ4v) is 3.89. The molecule has 174 valence electrons. The van der Waals surface area contributed by atoms with Gasteiger partial charge in [-0.3, -0.25) is 4.68 Å². The molecule has 0 saturated heterocycles. The van der Waals surface area contributed by atoms with Crippen molar-refractivity contribution in [3.63, 3.8) is 0 Å². The molecule has 8 nitrogen and oxygen atoms in total. The zero-order chi connectivity index (χ0) is 23.5. The van der Waals surface area contributed by atoms with Gasteiger partial charge in [-0.15, -0.1) is 0 Å². The Morgan fingerprint density at radius 1 is 1.09 bits per heavy atom. The van der Waals surface area contributed by atoms with Crippen LogP contribution in [-0.4, -0.2) is 56.5 Å². The van der Waals surface area contributed by atoms with Crippen LogP contribution in [0.2, 0.25) is 0 Å². The van der Waals surface area contributed by atoms with Gasteiger partial charge < -0.3 is 15.0 Å². The van der Waals surface area contributed by atoms with E-state index in [2.05, 4.69) is 25.4 Å². The van der Waals surface area contributed by atoms with Gasteiger partial charge >= 0.3 is 0 Å². The van der Waals surface area contributed by atoms with Crippen LogP contribution in [0, 0.1) is 5.82 Å². The number of likely N-dealkylation sites (N-methyl/N-ethyl adjacent to an activating group) is 1. The van der Waals surface area contributed by atoms with E-state index in [4.69, 9.17) is 4.74 Å². The second-order valence-electron chi connectivity index (χ2n) is 8.43. The molecule has 2 aromatic carbocycles. The predicted octanol–water partition coefficient (Wildman–Crippen LogP) is 4.09. The van der Waals surface area contributed by atoms with Crippen molar-refractivity contribution in [1.82, 2.24) is 29.3 Å². The van der Waals surface area contributed by atoms with Crippen LogP contribution in [-0.2, 0) is 17.9 Å². The van der Waals surface area contributed by atoms with E-state index in [-0.39, 0.29) is 5.82 Å². The van der Waals surface area contributed by atoms with Gasteiger partial charge in [-0.1, -0.05) is 12.1 Å². The van der Waals surface area contributed by atoms with Gasteiger partial charge in [0, 0.05) is 29.4 Å². The van der Waals surface area contributed by atoms with Gasteiger partial charge in [-0.05, 0) is 56.1 Å². The highest BCUT2D eigenvalue weighted by Gasteiger charge is 2.12. The lowest BCUT2D eigenvalue weighted by atomic mass is 10.2. The molecular formula is C25H26FN7O. The van der Waals surface area contributed by atoms with Crippen molar-refractivity contribution >= 4 is 27.9 Å². The third-order valence-corrected chi connectivity index (χ3v) is 5.60. The maximum atomic E-state index is 13.5. The SMILES string of the molecule is CN(C)CCOCc1ccn2ncnc(Nc3ccc4c(cnn4Cc4cccc(F)c4)c3)c12. The lowest BCUT2D eigenvalue weighted by Crippen LogP contribution is -2.17. The molecule has 0 spiro atoms. The standard InChI is InChI=1S/C25H26FN7O/c1-31(2)10-11-34-16-19-8-9-32-24(19)25(27-17-29-32)30-22-6-7-23-20(13-22)14-28-33(23)15-18-4-3-5-21(26)12-18/h3-9,12-14,17H,10-11,15-16H2,1-2H3,(H,27,29,30). The van der Waals surface area contributed by atoms with Gasteiger partial charge in [0.25, 0.3) is 0 Å². The number of nitrogens with one attached hydrogen (secondary N) is 1. The fourth-order valence-electron chi connectivity index (χ4n) is 3.89. The summed E-state index contributed by atoms with van der Waals surface area (Å²) in [4.78, 5) is 6.57. The Labute approximate surface area is 196 Å². The zero-order valence-corrected chi connectivity index (χ0v) is 19.1. The molecule has 0 aliphatic heterocycles. The highest BCUT2D eigenvalue weighted by atomic mass is 19.1. The van der Waals surface area contributed by atoms with Gasteiger partial charge in [-0.25, -0.2) is 13.9 Å². The Kier molecular flexibility index (Phi) is 6.20. The zero-order valence-electron chi connectivity index (χ0n) is 19.1. The summed E-state index contributed by atoms with van der Waals surface area (Å²) >= 11 is 0. The number of halogens is 1. The number of aromatic nitrogens is 5. The van der Waals surface area contributed by atoms with Crippen LogP contribution in [0.3, 0.4) is 0 Å². The molecule has 1 N–H and O–H groups in total. The first kappa shape index (κ1) is 22.0. The molecular weight excluding hydrogens is 433 g/mol. The Morgan fingerprint density at radius 2 is 2.00 bits per heavy atom. The van der Waals surface area contributed by atoms with Crippen molar-refractivity contribution < 1.29 is 9.13 Å². The maximum absolute atomic E-state index is 13.5. The van der Waals surface area contributed by atoms with E-state index in [1.165, 1.54) is 18.5 Å². The quantitative estimate of drug-likeness (QED) is 0.335. The number of anilines is 2. The summed E-state index contributed by atoms with van der Waals surface area (Å²) in [6, 6.07) is 14.6. The van der Waals surface area contributed by atoms with E-state index in [1.54, 1.807) is 10.6 Å². The van der Waals surface area contributed by atoms with Crippen molar-refractivity contribution in [2.24, 2.45) is 0 Å². The smallest absolute Gasteiger partial charge is 0.158 e. The summed E-state index contributed by atoms with van der Waals surface area (Å²) in [7, 11) is 4.05. The summed E-state index contributed by atoms with van der Waals surface area (Å²) in [5, 5.41) is 13.2. The van der Waals surface area contributed by atoms with Crippen LogP contribution < -0.4 is 5.32 Å². The fraction of sp³-hybridized carbons (Fsp3) is 0.240. The van der Waals surface area contributed by atoms with Crippen molar-refractivity contribution in [1.29, 1.82) is 0 Å². The minimum atomic E-state index is -0.246. The number of fused-ring (bicyclic) bond motifs is 2. The first-order valence-electron chi connectivity index (χ1n) is 11.1. The van der Waals surface area contributed by atoms with Gasteiger partial charge in [-0.2, -0.15) is 10.2 Å². The molecule has 0 fully saturated rings. The van der Waals surface area contributed by atoms with Crippen LogP contribution >= 0.6 is 0 Å². The second-order valence-corrected chi connectivity index (χ2v) is 8.43. The number of rotatable bonds is 9. The lowest BCUT2D eigenvalue weighted by Gasteiger charge is -2.11. The molecule has 0 radical (unpaired) electrons. The van der Waals surface area contributed by atoms with Crippen molar-refractivity contribution in [2.75, 3.05) is 32.6 Å². The van der Waals surface area contributed by atoms with Gasteiger partial charge in [0.05, 0.1) is 31.5 Å². The van der Waals surface area contributed by atoms with Crippen LogP contribution in [0.15, 0.2) is 67.3 Å². The van der Waals surface area contributed by atoms with Crippen molar-refractivity contribution in [3.05, 3.63) is 84.2 Å². The second kappa shape index (κ2) is 9.58. The van der Waals surface area contributed by atoms with Gasteiger partial charge in [0.2, 0.25) is 0 Å². The number of hydrogen-bond donors (Lipinski definition) is 1. The molecule has 34 heavy (non-hydrogen) atoms. The highest BCUT2D eigenvalue weighted by Crippen LogP contribution is 2.26. The Bertz CT molecular complexity index is 1430. The molecule has 0 aliphatic carbocycles. The molecule has 9 heteroatoms. The van der Waals surface area contributed by atoms with Crippen molar-refractivity contribution in [3.8, 4) is 0 Å². The maximum Gasteiger partial charge on any atom is 0.158 e. The summed E-state index contributed by atoms with van der Waals surface area (Å²) in [5.74, 6) is 0.460. The molecule has 0 unspecified atom stereocenters. The van der Waals surface area contributed by atoms with E-state index in [9.17, 15) is 4.39 Å². The van der Waals surface area contributed by atoms with E-state index in [0.29, 0.717) is 25.6 Å². The highest BCUT2D eigenvalue weighted by molar-refractivity contribution is 5.85. The molecule has 0 atom stereocenters. The first-order chi connectivity index (χ1) is 16.6. The number of hydrogen-bond acceptors (Lipinski definition) is 6. The number of nitrogens with zero attached hydrogens (tertiary/aromatic N) is 6. The summed E-state index contributed by atoms with van der Waals surface area (Å²) in [6.45, 7) is 2.50. The average molecular weight is 460 g/mol. The van der Waals surface area contributed by atoms with E-state index < -0.39 is 0 Å². The van der Waals surface area contributed by atoms with Crippen molar-refractivity contribution in [2.45, 2.75) is 13.2 Å². The van der Waals surface area contributed by atoms with Gasteiger partial charge in [0.15, 0.2) is 5.82 Å². The predicted molar refractivity (Wildman–Crippen MR) is 130 cm³/mol. The summed E-state index contributed by atoms with van der Waals surface area (Å²) in [6.07, 6.45) is 5.25. The van der Waals surface area contributed by atoms with Crippen LogP contribution in [0.4, 0.5) is 15.9 Å². The van der Waals surface area contributed by atoms with Crippen LogP contribution in [0.1, 0.15) is 11.1 Å². The largest absolute Gasteiger partial charge is 0.375 e. The molecule has 0 saturated carbocycles. The molecule has 3 aromatic heterocycles. The number of benzene rings is 2. The minimum absolute atomic E-state index is 0.246. The molecule has 3 heterocycles. The van der Waals surface area contributed by atoms with E-state index >= 15 is 0 Å². The molecule has 0 aliphatic rings. The monoisotopic (exact) mass is 459 g/mol. The molecule has 0 bridgehead atoms. The van der Waals surface area contributed by atoms with Crippen LogP contribution in [0.5, 0.6) is 0 Å². The van der Waals surface area contributed by atoms with E-state index in [0.717, 1.165) is 39.8 Å². The summed E-state index contributed by atoms with van der Waals surface area (Å²) < 4.78 is 23.1. The summed E-state index contributed by atoms with van der Waals surface area (Å²) in [5.41, 5.74) is 4.63.